The topological polar surface area (TPSA) is 58.6 Å². The smallest absolute Gasteiger partial charge is 0.223 e. The van der Waals surface area contributed by atoms with Crippen LogP contribution in [-0.4, -0.2) is 36.9 Å². The molecule has 0 radical (unpaired) electrons. The first-order valence-corrected chi connectivity index (χ1v) is 7.29. The van der Waals surface area contributed by atoms with E-state index in [4.69, 9.17) is 4.74 Å². The van der Waals surface area contributed by atoms with Gasteiger partial charge in [0.1, 0.15) is 0 Å². The fourth-order valence-corrected chi connectivity index (χ4v) is 3.26. The number of ether oxygens (including phenoxy) is 1. The zero-order chi connectivity index (χ0) is 12.5. The van der Waals surface area contributed by atoms with E-state index in [0.29, 0.717) is 25.0 Å². The van der Waals surface area contributed by atoms with Crippen molar-refractivity contribution in [3.05, 3.63) is 0 Å². The number of aliphatic hydroxyl groups is 1. The Morgan fingerprint density at radius 3 is 2.67 bits per heavy atom. The first-order valence-electron chi connectivity index (χ1n) is 7.29. The standard InChI is InChI=1S/C14H23NO3/c16-10(8-18-7-9-4-5-9)6-15-14(17)13-11-2-1-3-12(11)13/h9-13,16H,1-8H2,(H,15,17). The second-order valence-electron chi connectivity index (χ2n) is 6.16. The van der Waals surface area contributed by atoms with E-state index in [0.717, 1.165) is 12.5 Å². The summed E-state index contributed by atoms with van der Waals surface area (Å²) in [5, 5.41) is 12.6. The van der Waals surface area contributed by atoms with Crippen molar-refractivity contribution in [3.63, 3.8) is 0 Å². The predicted molar refractivity (Wildman–Crippen MR) is 66.9 cm³/mol. The van der Waals surface area contributed by atoms with Gasteiger partial charge in [-0.05, 0) is 43.4 Å². The first-order chi connectivity index (χ1) is 8.75. The molecule has 1 amide bonds. The van der Waals surface area contributed by atoms with E-state index in [-0.39, 0.29) is 11.8 Å². The van der Waals surface area contributed by atoms with Crippen LogP contribution in [0.4, 0.5) is 0 Å². The Morgan fingerprint density at radius 2 is 2.00 bits per heavy atom. The Hall–Kier alpha value is -0.610. The molecule has 2 N–H and O–H groups in total. The molecule has 0 aliphatic heterocycles. The molecule has 0 aromatic rings. The average Bonchev–Trinajstić information content (AvgIpc) is 3.26. The van der Waals surface area contributed by atoms with Gasteiger partial charge in [-0.1, -0.05) is 6.42 Å². The van der Waals surface area contributed by atoms with Crippen molar-refractivity contribution in [2.75, 3.05) is 19.8 Å². The van der Waals surface area contributed by atoms with Gasteiger partial charge in [-0.3, -0.25) is 4.79 Å². The van der Waals surface area contributed by atoms with Gasteiger partial charge < -0.3 is 15.2 Å². The van der Waals surface area contributed by atoms with E-state index in [9.17, 15) is 9.90 Å². The van der Waals surface area contributed by atoms with Crippen molar-refractivity contribution in [2.45, 2.75) is 38.2 Å². The molecule has 0 saturated heterocycles. The van der Waals surface area contributed by atoms with Crippen molar-refractivity contribution in [2.24, 2.45) is 23.7 Å². The highest BCUT2D eigenvalue weighted by Gasteiger charge is 2.56. The van der Waals surface area contributed by atoms with E-state index in [1.165, 1.54) is 32.1 Å². The van der Waals surface area contributed by atoms with E-state index in [1.54, 1.807) is 0 Å². The molecule has 102 valence electrons. The predicted octanol–water partition coefficient (Wildman–Crippen LogP) is 0.936. The van der Waals surface area contributed by atoms with Crippen LogP contribution in [0, 0.1) is 23.7 Å². The highest BCUT2D eigenvalue weighted by Crippen LogP contribution is 2.57. The summed E-state index contributed by atoms with van der Waals surface area (Å²) in [6, 6.07) is 0. The van der Waals surface area contributed by atoms with Crippen LogP contribution in [-0.2, 0) is 9.53 Å². The average molecular weight is 253 g/mol. The lowest BCUT2D eigenvalue weighted by Crippen LogP contribution is -2.36. The minimum absolute atomic E-state index is 0.144. The van der Waals surface area contributed by atoms with Crippen LogP contribution < -0.4 is 5.32 Å². The van der Waals surface area contributed by atoms with Crippen molar-refractivity contribution in [3.8, 4) is 0 Å². The molecule has 3 aliphatic carbocycles. The summed E-state index contributed by atoms with van der Waals surface area (Å²) in [4.78, 5) is 11.9. The SMILES string of the molecule is O=C(NCC(O)COCC1CC1)C1C2CCCC21. The summed E-state index contributed by atoms with van der Waals surface area (Å²) in [6.45, 7) is 1.44. The van der Waals surface area contributed by atoms with Gasteiger partial charge in [0.25, 0.3) is 0 Å². The Bertz CT molecular complexity index is 306. The van der Waals surface area contributed by atoms with Crippen LogP contribution in [0.5, 0.6) is 0 Å². The number of rotatable bonds is 7. The molecule has 3 rings (SSSR count). The lowest BCUT2D eigenvalue weighted by Gasteiger charge is -2.12. The summed E-state index contributed by atoms with van der Waals surface area (Å²) in [5.74, 6) is 2.41. The van der Waals surface area contributed by atoms with Crippen molar-refractivity contribution < 1.29 is 14.6 Å². The minimum atomic E-state index is -0.564. The van der Waals surface area contributed by atoms with Gasteiger partial charge >= 0.3 is 0 Å². The van der Waals surface area contributed by atoms with E-state index >= 15 is 0 Å². The van der Waals surface area contributed by atoms with E-state index in [2.05, 4.69) is 5.32 Å². The van der Waals surface area contributed by atoms with Crippen molar-refractivity contribution >= 4 is 5.91 Å². The molecule has 0 aromatic carbocycles. The third-order valence-electron chi connectivity index (χ3n) is 4.58. The van der Waals surface area contributed by atoms with Gasteiger partial charge in [0.15, 0.2) is 0 Å². The molecule has 4 nitrogen and oxygen atoms in total. The van der Waals surface area contributed by atoms with E-state index in [1.807, 2.05) is 0 Å². The Labute approximate surface area is 108 Å². The Balaban J connectivity index is 1.27. The molecule has 0 spiro atoms. The number of carbonyl (C=O) groups excluding carboxylic acids is 1. The fraction of sp³-hybridized carbons (Fsp3) is 0.929. The zero-order valence-corrected chi connectivity index (χ0v) is 10.8. The molecular formula is C14H23NO3. The molecule has 3 fully saturated rings. The van der Waals surface area contributed by atoms with Crippen molar-refractivity contribution in [1.82, 2.24) is 5.32 Å². The number of amides is 1. The highest BCUT2D eigenvalue weighted by atomic mass is 16.5. The van der Waals surface area contributed by atoms with Crippen LogP contribution in [0.1, 0.15) is 32.1 Å². The Morgan fingerprint density at radius 1 is 1.28 bits per heavy atom. The number of hydrogen-bond donors (Lipinski definition) is 2. The molecular weight excluding hydrogens is 230 g/mol. The molecule has 4 heteroatoms. The molecule has 18 heavy (non-hydrogen) atoms. The molecule has 3 unspecified atom stereocenters. The third-order valence-corrected chi connectivity index (χ3v) is 4.58. The summed E-state index contributed by atoms with van der Waals surface area (Å²) < 4.78 is 5.40. The second kappa shape index (κ2) is 5.17. The summed E-state index contributed by atoms with van der Waals surface area (Å²) in [7, 11) is 0. The third kappa shape index (κ3) is 2.86. The number of fused-ring (bicyclic) bond motifs is 1. The maximum atomic E-state index is 11.9. The largest absolute Gasteiger partial charge is 0.389 e. The highest BCUT2D eigenvalue weighted by molar-refractivity contribution is 5.82. The molecule has 0 bridgehead atoms. The van der Waals surface area contributed by atoms with Gasteiger partial charge in [-0.15, -0.1) is 0 Å². The molecule has 3 atom stereocenters. The number of hydrogen-bond acceptors (Lipinski definition) is 3. The Kier molecular flexibility index (Phi) is 3.57. The maximum Gasteiger partial charge on any atom is 0.223 e. The molecule has 3 aliphatic rings. The van der Waals surface area contributed by atoms with Crippen LogP contribution in [0.15, 0.2) is 0 Å². The van der Waals surface area contributed by atoms with Crippen LogP contribution in [0.3, 0.4) is 0 Å². The minimum Gasteiger partial charge on any atom is -0.389 e. The van der Waals surface area contributed by atoms with Crippen molar-refractivity contribution in [1.29, 1.82) is 0 Å². The lowest BCUT2D eigenvalue weighted by atomic mass is 10.1. The molecule has 0 heterocycles. The van der Waals surface area contributed by atoms with Crippen LogP contribution in [0.25, 0.3) is 0 Å². The normalized spacial score (nSPS) is 35.1. The second-order valence-corrected chi connectivity index (χ2v) is 6.16. The fourth-order valence-electron chi connectivity index (χ4n) is 3.26. The maximum absolute atomic E-state index is 11.9. The van der Waals surface area contributed by atoms with Gasteiger partial charge in [0.05, 0.1) is 12.7 Å². The summed E-state index contributed by atoms with van der Waals surface area (Å²) in [5.41, 5.74) is 0. The number of carbonyl (C=O) groups is 1. The summed E-state index contributed by atoms with van der Waals surface area (Å²) in [6.07, 6.45) is 5.68. The molecule has 3 saturated carbocycles. The van der Waals surface area contributed by atoms with Crippen LogP contribution >= 0.6 is 0 Å². The van der Waals surface area contributed by atoms with Gasteiger partial charge in [0, 0.05) is 19.1 Å². The quantitative estimate of drug-likeness (QED) is 0.710. The van der Waals surface area contributed by atoms with E-state index < -0.39 is 6.10 Å². The monoisotopic (exact) mass is 253 g/mol. The van der Waals surface area contributed by atoms with Crippen LogP contribution in [0.2, 0.25) is 0 Å². The summed E-state index contributed by atoms with van der Waals surface area (Å²) >= 11 is 0. The molecule has 0 aromatic heterocycles. The number of aliphatic hydroxyl groups excluding tert-OH is 1. The van der Waals surface area contributed by atoms with Gasteiger partial charge in [0.2, 0.25) is 5.91 Å². The first kappa shape index (κ1) is 12.4. The lowest BCUT2D eigenvalue weighted by molar-refractivity contribution is -0.123. The van der Waals surface area contributed by atoms with Gasteiger partial charge in [-0.25, -0.2) is 0 Å². The van der Waals surface area contributed by atoms with Gasteiger partial charge in [-0.2, -0.15) is 0 Å². The number of nitrogens with one attached hydrogen (secondary N) is 1. The zero-order valence-electron chi connectivity index (χ0n) is 10.8.